The lowest BCUT2D eigenvalue weighted by molar-refractivity contribution is 0.101. The summed E-state index contributed by atoms with van der Waals surface area (Å²) >= 11 is 3.31. The number of aryl methyl sites for hydroxylation is 1. The number of halogens is 1. The van der Waals surface area contributed by atoms with Gasteiger partial charge in [-0.2, -0.15) is 0 Å². The molecule has 94 valence electrons. The zero-order chi connectivity index (χ0) is 13.1. The Morgan fingerprint density at radius 3 is 2.71 bits per heavy atom. The number of hydrogen-bond donors (Lipinski definition) is 1. The van der Waals surface area contributed by atoms with Gasteiger partial charge >= 0.3 is 7.60 Å². The Hall–Kier alpha value is -0.480. The molecule has 1 unspecified atom stereocenters. The van der Waals surface area contributed by atoms with E-state index in [1.54, 1.807) is 25.1 Å². The second-order valence-electron chi connectivity index (χ2n) is 3.60. The summed E-state index contributed by atoms with van der Waals surface area (Å²) in [5.74, 6) is -0.398. The standard InChI is InChI=1S/C11H14BrO4P/c1-3-16-17(14,15)7-11(13)9-5-4-8(2)10(12)6-9/h4-6H,3,7H2,1-2H3,(H,14,15). The first kappa shape index (κ1) is 14.6. The van der Waals surface area contributed by atoms with Crippen molar-refractivity contribution >= 4 is 29.3 Å². The molecule has 0 saturated carbocycles. The molecule has 0 aromatic heterocycles. The molecular formula is C11H14BrO4P. The average molecular weight is 321 g/mol. The van der Waals surface area contributed by atoms with Crippen LogP contribution in [0.15, 0.2) is 22.7 Å². The molecular weight excluding hydrogens is 307 g/mol. The number of carbonyl (C=O) groups is 1. The number of hydrogen-bond acceptors (Lipinski definition) is 3. The molecule has 1 N–H and O–H groups in total. The fraction of sp³-hybridized carbons (Fsp3) is 0.364. The number of rotatable bonds is 5. The summed E-state index contributed by atoms with van der Waals surface area (Å²) in [6, 6.07) is 5.05. The minimum Gasteiger partial charge on any atom is -0.324 e. The van der Waals surface area contributed by atoms with E-state index in [0.29, 0.717) is 5.56 Å². The highest BCUT2D eigenvalue weighted by molar-refractivity contribution is 9.10. The Morgan fingerprint density at radius 2 is 2.18 bits per heavy atom. The van der Waals surface area contributed by atoms with Crippen LogP contribution in [0.2, 0.25) is 0 Å². The van der Waals surface area contributed by atoms with Crippen molar-refractivity contribution < 1.29 is 18.8 Å². The predicted octanol–water partition coefficient (Wildman–Crippen LogP) is 3.16. The average Bonchev–Trinajstić information content (AvgIpc) is 2.21. The topological polar surface area (TPSA) is 63.6 Å². The summed E-state index contributed by atoms with van der Waals surface area (Å²) in [5, 5.41) is 0. The van der Waals surface area contributed by atoms with Crippen molar-refractivity contribution in [2.75, 3.05) is 12.8 Å². The van der Waals surface area contributed by atoms with Crippen molar-refractivity contribution in [3.63, 3.8) is 0 Å². The predicted molar refractivity (Wildman–Crippen MR) is 69.5 cm³/mol. The second kappa shape index (κ2) is 5.91. The summed E-state index contributed by atoms with van der Waals surface area (Å²) in [6.07, 6.45) is -0.490. The third kappa shape index (κ3) is 4.36. The van der Waals surface area contributed by atoms with Crippen molar-refractivity contribution in [2.45, 2.75) is 13.8 Å². The third-order valence-electron chi connectivity index (χ3n) is 2.17. The molecule has 6 heteroatoms. The summed E-state index contributed by atoms with van der Waals surface area (Å²) in [5.41, 5.74) is 1.40. The molecule has 0 aliphatic heterocycles. The van der Waals surface area contributed by atoms with Gasteiger partial charge in [0.25, 0.3) is 0 Å². The van der Waals surface area contributed by atoms with Crippen LogP contribution in [-0.2, 0) is 9.09 Å². The molecule has 0 amide bonds. The van der Waals surface area contributed by atoms with Gasteiger partial charge in [-0.1, -0.05) is 28.1 Å². The Labute approximate surface area is 109 Å². The van der Waals surface area contributed by atoms with E-state index in [-0.39, 0.29) is 6.61 Å². The highest BCUT2D eigenvalue weighted by Crippen LogP contribution is 2.42. The smallest absolute Gasteiger partial charge is 0.324 e. The van der Waals surface area contributed by atoms with Gasteiger partial charge in [0, 0.05) is 10.0 Å². The minimum absolute atomic E-state index is 0.110. The molecule has 1 rings (SSSR count). The van der Waals surface area contributed by atoms with Crippen LogP contribution in [0.4, 0.5) is 0 Å². The maximum absolute atomic E-state index is 11.8. The SMILES string of the molecule is CCOP(=O)(O)CC(=O)c1ccc(C)c(Br)c1. The van der Waals surface area contributed by atoms with Crippen LogP contribution in [0.5, 0.6) is 0 Å². The molecule has 1 aromatic carbocycles. The maximum atomic E-state index is 11.8. The van der Waals surface area contributed by atoms with Gasteiger partial charge < -0.3 is 9.42 Å². The highest BCUT2D eigenvalue weighted by Gasteiger charge is 2.24. The molecule has 0 saturated heterocycles. The molecule has 0 bridgehead atoms. The Morgan fingerprint density at radius 1 is 1.53 bits per heavy atom. The van der Waals surface area contributed by atoms with E-state index in [9.17, 15) is 14.3 Å². The first-order chi connectivity index (χ1) is 7.85. The van der Waals surface area contributed by atoms with Crippen LogP contribution in [0.25, 0.3) is 0 Å². The van der Waals surface area contributed by atoms with Gasteiger partial charge in [-0.25, -0.2) is 0 Å². The van der Waals surface area contributed by atoms with Crippen LogP contribution in [0.1, 0.15) is 22.8 Å². The van der Waals surface area contributed by atoms with Gasteiger partial charge in [0.2, 0.25) is 0 Å². The first-order valence-corrected chi connectivity index (χ1v) is 7.67. The Bertz CT molecular complexity index is 473. The van der Waals surface area contributed by atoms with Crippen molar-refractivity contribution in [3.8, 4) is 0 Å². The van der Waals surface area contributed by atoms with Crippen LogP contribution >= 0.6 is 23.5 Å². The van der Waals surface area contributed by atoms with E-state index in [1.807, 2.05) is 6.92 Å². The van der Waals surface area contributed by atoms with Crippen LogP contribution in [0, 0.1) is 6.92 Å². The summed E-state index contributed by atoms with van der Waals surface area (Å²) < 4.78 is 16.9. The zero-order valence-electron chi connectivity index (χ0n) is 9.64. The number of carbonyl (C=O) groups excluding carboxylic acids is 1. The van der Waals surface area contributed by atoms with Crippen molar-refractivity contribution in [3.05, 3.63) is 33.8 Å². The van der Waals surface area contributed by atoms with Gasteiger partial charge in [-0.3, -0.25) is 9.36 Å². The molecule has 0 aliphatic carbocycles. The van der Waals surface area contributed by atoms with E-state index in [2.05, 4.69) is 20.5 Å². The van der Waals surface area contributed by atoms with Crippen molar-refractivity contribution in [1.29, 1.82) is 0 Å². The molecule has 1 aromatic rings. The molecule has 0 spiro atoms. The summed E-state index contributed by atoms with van der Waals surface area (Å²) in [6.45, 7) is 3.62. The first-order valence-electron chi connectivity index (χ1n) is 5.11. The lowest BCUT2D eigenvalue weighted by atomic mass is 10.1. The third-order valence-corrected chi connectivity index (χ3v) is 4.37. The lowest BCUT2D eigenvalue weighted by Crippen LogP contribution is -2.08. The van der Waals surface area contributed by atoms with Gasteiger partial charge in [0.15, 0.2) is 5.78 Å². The largest absolute Gasteiger partial charge is 0.335 e. The van der Waals surface area contributed by atoms with E-state index in [1.165, 1.54) is 0 Å². The highest BCUT2D eigenvalue weighted by atomic mass is 79.9. The number of Topliss-reactive ketones (excluding diaryl/α,β-unsaturated/α-hetero) is 1. The molecule has 0 radical (unpaired) electrons. The molecule has 1 atom stereocenters. The van der Waals surface area contributed by atoms with Crippen LogP contribution < -0.4 is 0 Å². The number of ketones is 1. The lowest BCUT2D eigenvalue weighted by Gasteiger charge is -2.10. The Balaban J connectivity index is 2.83. The molecule has 0 fully saturated rings. The normalized spacial score (nSPS) is 14.4. The van der Waals surface area contributed by atoms with E-state index in [0.717, 1.165) is 10.0 Å². The van der Waals surface area contributed by atoms with Gasteiger partial charge in [0.1, 0.15) is 6.16 Å². The quantitative estimate of drug-likeness (QED) is 0.668. The van der Waals surface area contributed by atoms with Gasteiger partial charge in [-0.15, -0.1) is 0 Å². The maximum Gasteiger partial charge on any atom is 0.335 e. The molecule has 4 nitrogen and oxygen atoms in total. The van der Waals surface area contributed by atoms with Gasteiger partial charge in [0.05, 0.1) is 6.61 Å². The molecule has 0 heterocycles. The van der Waals surface area contributed by atoms with Crippen molar-refractivity contribution in [2.24, 2.45) is 0 Å². The van der Waals surface area contributed by atoms with E-state index in [4.69, 9.17) is 0 Å². The fourth-order valence-electron chi connectivity index (χ4n) is 1.29. The minimum atomic E-state index is -3.81. The van der Waals surface area contributed by atoms with Gasteiger partial charge in [-0.05, 0) is 25.5 Å². The fourth-order valence-corrected chi connectivity index (χ4v) is 2.71. The van der Waals surface area contributed by atoms with E-state index < -0.39 is 19.5 Å². The van der Waals surface area contributed by atoms with Crippen LogP contribution in [0.3, 0.4) is 0 Å². The van der Waals surface area contributed by atoms with Crippen LogP contribution in [-0.4, -0.2) is 23.4 Å². The zero-order valence-corrected chi connectivity index (χ0v) is 12.1. The molecule has 0 aliphatic rings. The second-order valence-corrected chi connectivity index (χ2v) is 6.30. The number of benzene rings is 1. The van der Waals surface area contributed by atoms with Crippen molar-refractivity contribution in [1.82, 2.24) is 0 Å². The monoisotopic (exact) mass is 320 g/mol. The van der Waals surface area contributed by atoms with E-state index >= 15 is 0 Å². The molecule has 17 heavy (non-hydrogen) atoms. The summed E-state index contributed by atoms with van der Waals surface area (Å²) in [7, 11) is -3.81. The summed E-state index contributed by atoms with van der Waals surface area (Å²) in [4.78, 5) is 21.1. The Kier molecular flexibility index (Phi) is 5.07.